The van der Waals surface area contributed by atoms with Crippen molar-refractivity contribution in [1.82, 2.24) is 57.7 Å². The zero-order chi connectivity index (χ0) is 89.2. The molecule has 11 heterocycles. The number of anilines is 2. The maximum atomic E-state index is 15.4. The molecule has 0 aliphatic carbocycles. The smallest absolute Gasteiger partial charge is 0.351 e. The number of rotatable bonds is 46. The Balaban J connectivity index is 0.898. The van der Waals surface area contributed by atoms with Crippen molar-refractivity contribution in [2.75, 3.05) is 140 Å². The second-order valence-electron chi connectivity index (χ2n) is 28.1. The maximum Gasteiger partial charge on any atom is 0.351 e. The topological polar surface area (TPSA) is 648 Å². The Hall–Kier alpha value is -6.32. The van der Waals surface area contributed by atoms with Gasteiger partial charge in [0.05, 0.1) is 105 Å². The van der Waals surface area contributed by atoms with Crippen LogP contribution < -0.4 is 65.6 Å². The van der Waals surface area contributed by atoms with E-state index in [1.54, 1.807) is 13.8 Å². The number of aromatic nitrogens is 12. The number of aromatic amines is 3. The van der Waals surface area contributed by atoms with E-state index in [-0.39, 0.29) is 105 Å². The van der Waals surface area contributed by atoms with Gasteiger partial charge in [0.25, 0.3) is 32.3 Å². The lowest BCUT2D eigenvalue weighted by Gasteiger charge is -2.36. The average molecular weight is 1860 g/mol. The van der Waals surface area contributed by atoms with E-state index in [1.807, 2.05) is 0 Å². The minimum Gasteiger partial charge on any atom is -0.780 e. The maximum absolute atomic E-state index is 15.4. The summed E-state index contributed by atoms with van der Waals surface area (Å²) in [5, 5.41) is 11.7. The summed E-state index contributed by atoms with van der Waals surface area (Å²) in [7, 11) is -5.19. The molecule has 5 fully saturated rings. The molecule has 51 nitrogen and oxygen atoms in total. The molecule has 6 aromatic heterocycles. The lowest BCUT2D eigenvalue weighted by atomic mass is 10.1. The first kappa shape index (κ1) is 97.3. The van der Waals surface area contributed by atoms with E-state index in [0.717, 1.165) is 37.0 Å². The lowest BCUT2D eigenvalue weighted by Crippen LogP contribution is -2.43. The van der Waals surface area contributed by atoms with Crippen molar-refractivity contribution in [2.45, 2.75) is 164 Å². The zero-order valence-electron chi connectivity index (χ0n) is 67.5. The number of imidazole rings is 1. The summed E-state index contributed by atoms with van der Waals surface area (Å²) in [4.78, 5) is 160. The predicted molar refractivity (Wildman–Crippen MR) is 417 cm³/mol. The SMILES string of the molecule is CC[C@H]1O[C@@H](n2cc(C)c(=O)[nH]c2=O)C(OCCOC)[C@H]1OP(=O)([O-])OC[C@H]1O[C@@H](n2cc(C)c(=O)[nH]c2=O)C(OCCOC)[C@H]1OP(=O)([O-])OC[C@H]1O[C@@H](n2cnc3c(N)ncnc32)C(OCCOC)[C@H]1OP([O-])(=S)OC[C@H]1O[C@@H](n2cc(C)c(=O)[nH]c2=O)C(OCCOC)[C@H]1OP(=O)([S-])OC[C@H]1O[C@@H](n2cc(C)c(N)nc2=O)C(OCCOC)[C@H]1O. The van der Waals surface area contributed by atoms with Gasteiger partial charge < -0.3 is 151 Å². The first-order valence-corrected chi connectivity index (χ1v) is 45.8. The van der Waals surface area contributed by atoms with Gasteiger partial charge in [-0.05, 0) is 34.1 Å². The average Bonchev–Trinajstić information content (AvgIpc) is 1.61. The van der Waals surface area contributed by atoms with Gasteiger partial charge in [0.2, 0.25) is 0 Å². The van der Waals surface area contributed by atoms with Crippen LogP contribution >= 0.6 is 29.2 Å². The monoisotopic (exact) mass is 1860 g/mol. The molecule has 0 amide bonds. The van der Waals surface area contributed by atoms with Gasteiger partial charge in [0.15, 0.2) is 49.4 Å². The Kier molecular flexibility index (Phi) is 33.8. The minimum atomic E-state index is -6.10. The highest BCUT2D eigenvalue weighted by Crippen LogP contribution is 2.55. The Morgan fingerprint density at radius 2 is 0.813 bits per heavy atom. The molecule has 123 heavy (non-hydrogen) atoms. The first-order chi connectivity index (χ1) is 58.5. The summed E-state index contributed by atoms with van der Waals surface area (Å²) in [6.07, 6.45) is -26.4. The standard InChI is InChI=1S/C66H98N14O37P4S2/c1-11-36-43(48(101-18-13-96-7)59(109-36)77-23-33(3)55(82)73-64(77)86)114-118(89,90)105-27-38-44(49(102-19-14-97-8)60(111-38)78-24-34(4)56(83)74-65(78)87)115-119(91,92)106-28-39-45(51(104-21-16-99-10)62(113-39)80-31-71-41-53(68)69-30-70-54(41)80)116-121(94,123)108-29-40-46(50(103-20-15-98-9)61(112-40)79-25-35(5)57(84)75-66(79)88)117-120(93,122)107-26-37-42(81)47(100-17-12-95-6)58(110-37)76-22-32(2)52(67)72-63(76)85/h22-25,30-31,36-40,42-51,58-62,81H,11-21,26-29H2,1-10H3,(H,89,90)(H,91,92)(H,93,122)(H,94,123)(H2,67,72,85)(H2,68,69,70)(H,73,82,86)(H,74,83,87)(H,75,84,88)/p-4/t36-,37-,38-,39-,40-,42+,43+,44+,45+,46+,47?,48?,49?,50?,51?,58-,59-,60-,61-,62-,120?,121?/m1/s1. The largest absolute Gasteiger partial charge is 0.780 e. The molecule has 5 saturated heterocycles. The van der Waals surface area contributed by atoms with Crippen LogP contribution in [0.25, 0.3) is 11.2 Å². The second-order valence-corrected chi connectivity index (χ2v) is 36.3. The first-order valence-electron chi connectivity index (χ1n) is 37.7. The number of nitrogens with one attached hydrogen (secondary N) is 3. The molecule has 57 heteroatoms. The number of phosphoric acid groups is 2. The quantitative estimate of drug-likeness (QED) is 0.0122. The van der Waals surface area contributed by atoms with Crippen molar-refractivity contribution in [3.8, 4) is 0 Å². The van der Waals surface area contributed by atoms with Crippen LogP contribution in [0.4, 0.5) is 11.6 Å². The number of aliphatic hydroxyl groups is 1. The molecule has 9 unspecified atom stereocenters. The van der Waals surface area contributed by atoms with Crippen LogP contribution in [0.2, 0.25) is 0 Å². The van der Waals surface area contributed by atoms with Crippen LogP contribution in [-0.2, 0) is 145 Å². The van der Waals surface area contributed by atoms with Gasteiger partial charge in [-0.2, -0.15) is 4.98 Å². The number of nitrogens with two attached hydrogens (primary N) is 2. The normalized spacial score (nSPS) is 29.2. The summed E-state index contributed by atoms with van der Waals surface area (Å²) in [5.74, 6) is -0.213. The molecular formula is C66H94N14O37P4S2-4. The van der Waals surface area contributed by atoms with Crippen LogP contribution in [0.1, 0.15) is 66.7 Å². The fourth-order valence-electron chi connectivity index (χ4n) is 13.8. The summed E-state index contributed by atoms with van der Waals surface area (Å²) in [6.45, 7) is -9.42. The van der Waals surface area contributed by atoms with Gasteiger partial charge in [-0.15, -0.1) is 0 Å². The number of aliphatic hydroxyl groups excluding tert-OH is 1. The van der Waals surface area contributed by atoms with E-state index >= 15 is 14.4 Å². The minimum absolute atomic E-state index is 0.0126. The molecule has 24 atom stereocenters. The number of aryl methyl sites for hydroxylation is 4. The molecule has 6 aromatic rings. The number of H-pyrrole nitrogens is 3. The molecule has 0 radical (unpaired) electrons. The predicted octanol–water partition coefficient (Wildman–Crippen LogP) is -3.67. The molecule has 686 valence electrons. The van der Waals surface area contributed by atoms with Crippen molar-refractivity contribution >= 4 is 76.0 Å². The summed E-state index contributed by atoms with van der Waals surface area (Å²) < 4.78 is 184. The molecule has 0 aromatic carbocycles. The fourth-order valence-corrected chi connectivity index (χ4v) is 18.5. The lowest BCUT2D eigenvalue weighted by molar-refractivity contribution is -0.240. The van der Waals surface area contributed by atoms with Crippen molar-refractivity contribution in [3.05, 3.63) is 133 Å². The summed E-state index contributed by atoms with van der Waals surface area (Å²) in [6, 6.07) is 0. The van der Waals surface area contributed by atoms with Crippen LogP contribution in [-0.4, -0.2) is 282 Å². The number of hydrogen-bond acceptors (Lipinski definition) is 45. The Morgan fingerprint density at radius 1 is 0.455 bits per heavy atom. The van der Waals surface area contributed by atoms with E-state index in [4.69, 9.17) is 143 Å². The highest BCUT2D eigenvalue weighted by molar-refractivity contribution is 8.32. The van der Waals surface area contributed by atoms with Gasteiger partial charge in [-0.3, -0.25) is 65.9 Å². The van der Waals surface area contributed by atoms with E-state index in [0.29, 0.717) is 5.56 Å². The van der Waals surface area contributed by atoms with Crippen molar-refractivity contribution in [2.24, 2.45) is 0 Å². The summed E-state index contributed by atoms with van der Waals surface area (Å²) >= 11 is 11.1. The molecule has 0 saturated carbocycles. The highest BCUT2D eigenvalue weighted by Gasteiger charge is 2.56. The third-order valence-corrected chi connectivity index (χ3v) is 24.8. The zero-order valence-corrected chi connectivity index (χ0v) is 72.8. The molecule has 5 aliphatic heterocycles. The van der Waals surface area contributed by atoms with E-state index in [9.17, 15) is 52.7 Å². The van der Waals surface area contributed by atoms with Crippen molar-refractivity contribution in [3.63, 3.8) is 0 Å². The van der Waals surface area contributed by atoms with E-state index in [1.165, 1.54) is 79.6 Å². The molecular weight excluding hydrogens is 1770 g/mol. The Morgan fingerprint density at radius 3 is 1.24 bits per heavy atom. The van der Waals surface area contributed by atoms with Crippen LogP contribution in [0.15, 0.2) is 71.0 Å². The number of nitrogen functional groups attached to an aromatic ring is 2. The van der Waals surface area contributed by atoms with E-state index in [2.05, 4.69) is 34.9 Å². The number of phosphoric ester groups is 2. The third kappa shape index (κ3) is 23.6. The third-order valence-electron chi connectivity index (χ3n) is 19.8. The number of methoxy groups -OCH3 is 5. The van der Waals surface area contributed by atoms with Crippen LogP contribution in [0.5, 0.6) is 0 Å². The number of nitrogens with zero attached hydrogens (tertiary/aromatic N) is 9. The van der Waals surface area contributed by atoms with Crippen LogP contribution in [0.3, 0.4) is 0 Å². The van der Waals surface area contributed by atoms with Gasteiger partial charge in [-0.1, -0.05) is 18.7 Å². The number of hydrogen-bond donors (Lipinski definition) is 6. The van der Waals surface area contributed by atoms with Crippen molar-refractivity contribution < 1.29 is 141 Å². The molecule has 8 N–H and O–H groups in total. The molecule has 0 bridgehead atoms. The summed E-state index contributed by atoms with van der Waals surface area (Å²) in [5.41, 5.74) is 6.01. The fraction of sp³-hybridized carbons (Fsp3) is 0.682. The van der Waals surface area contributed by atoms with Gasteiger partial charge >= 0.3 is 22.8 Å². The number of ether oxygens (including phenoxy) is 15. The number of fused-ring (bicyclic) bond motifs is 1. The Bertz CT molecular complexity index is 5260. The molecule has 11 rings (SSSR count). The highest BCUT2D eigenvalue weighted by atomic mass is 32.7. The Labute approximate surface area is 707 Å². The second kappa shape index (κ2) is 42.7. The van der Waals surface area contributed by atoms with Gasteiger partial charge in [0, 0.05) is 82.6 Å². The molecule has 0 spiro atoms. The van der Waals surface area contributed by atoms with Gasteiger partial charge in [0.1, 0.15) is 110 Å². The molecule has 5 aliphatic rings. The van der Waals surface area contributed by atoms with Crippen LogP contribution in [0, 0.1) is 27.7 Å². The van der Waals surface area contributed by atoms with Gasteiger partial charge in [-0.25, -0.2) is 34.1 Å². The van der Waals surface area contributed by atoms with Crippen molar-refractivity contribution in [1.29, 1.82) is 0 Å². The van der Waals surface area contributed by atoms with E-state index < -0.39 is 224 Å².